The predicted octanol–water partition coefficient (Wildman–Crippen LogP) is 5.37. The molecule has 1 fully saturated rings. The van der Waals surface area contributed by atoms with Crippen LogP contribution in [0.2, 0.25) is 10.0 Å². The van der Waals surface area contributed by atoms with Crippen molar-refractivity contribution in [2.24, 2.45) is 0 Å². The van der Waals surface area contributed by atoms with E-state index in [4.69, 9.17) is 32.7 Å². The number of benzene rings is 2. The summed E-state index contributed by atoms with van der Waals surface area (Å²) in [5.74, 6) is 0.748. The van der Waals surface area contributed by atoms with Crippen molar-refractivity contribution in [2.75, 3.05) is 6.79 Å². The maximum atomic E-state index is 6.42. The number of fused-ring (bicyclic) bond motifs is 1. The van der Waals surface area contributed by atoms with Crippen LogP contribution in [0.1, 0.15) is 17.5 Å². The molecule has 0 spiro atoms. The number of ether oxygens (including phenoxy) is 2. The molecule has 1 atom stereocenters. The normalized spacial score (nSPS) is 22.9. The highest BCUT2D eigenvalue weighted by Gasteiger charge is 2.47. The molecule has 4 rings (SSSR count). The highest BCUT2D eigenvalue weighted by molar-refractivity contribution is 6.32. The molecule has 23 heavy (non-hydrogen) atoms. The highest BCUT2D eigenvalue weighted by Crippen LogP contribution is 2.50. The minimum Gasteiger partial charge on any atom is -0.468 e. The Morgan fingerprint density at radius 3 is 2.48 bits per heavy atom. The average Bonchev–Trinajstić information content (AvgIpc) is 3.01. The number of hydrogen-bond donors (Lipinski definition) is 0. The molecule has 0 saturated carbocycles. The molecule has 0 amide bonds. The van der Waals surface area contributed by atoms with Gasteiger partial charge in [-0.2, -0.15) is 0 Å². The molecule has 1 radical (unpaired) electrons. The second-order valence-electron chi connectivity index (χ2n) is 5.46. The molecule has 2 aromatic rings. The zero-order valence-corrected chi connectivity index (χ0v) is 13.7. The fourth-order valence-corrected chi connectivity index (χ4v) is 3.65. The third-order valence-corrected chi connectivity index (χ3v) is 4.85. The largest absolute Gasteiger partial charge is 0.468 e. The second kappa shape index (κ2) is 5.72. The first kappa shape index (κ1) is 14.8. The van der Waals surface area contributed by atoms with Gasteiger partial charge in [0.2, 0.25) is 0 Å². The van der Waals surface area contributed by atoms with Gasteiger partial charge in [0.25, 0.3) is 0 Å². The summed E-state index contributed by atoms with van der Waals surface area (Å²) in [5.41, 5.74) is 1.94. The Bertz CT molecular complexity index is 826. The fraction of sp³-hybridized carbons (Fsp3) is 0.158. The van der Waals surface area contributed by atoms with Crippen LogP contribution in [-0.2, 0) is 15.1 Å². The molecule has 1 saturated heterocycles. The van der Waals surface area contributed by atoms with E-state index in [1.54, 1.807) is 0 Å². The summed E-state index contributed by atoms with van der Waals surface area (Å²) in [7, 11) is 0. The molecule has 115 valence electrons. The zero-order valence-electron chi connectivity index (χ0n) is 12.2. The smallest absolute Gasteiger partial charge is 0.190 e. The third kappa shape index (κ3) is 2.29. The van der Waals surface area contributed by atoms with Gasteiger partial charge in [-0.1, -0.05) is 59.6 Å². The summed E-state index contributed by atoms with van der Waals surface area (Å²) in [6.07, 6.45) is 5.77. The van der Waals surface area contributed by atoms with E-state index in [0.717, 1.165) is 22.5 Å². The summed E-state index contributed by atoms with van der Waals surface area (Å²) in [4.78, 5) is 0. The lowest BCUT2D eigenvalue weighted by Crippen LogP contribution is -2.29. The molecular weight excluding hydrogens is 331 g/mol. The van der Waals surface area contributed by atoms with Crippen molar-refractivity contribution in [1.82, 2.24) is 0 Å². The lowest BCUT2D eigenvalue weighted by Gasteiger charge is -2.31. The Labute approximate surface area is 144 Å². The van der Waals surface area contributed by atoms with Crippen molar-refractivity contribution in [3.63, 3.8) is 0 Å². The van der Waals surface area contributed by atoms with Gasteiger partial charge in [-0.05, 0) is 24.3 Å². The molecule has 2 nitrogen and oxygen atoms in total. The van der Waals surface area contributed by atoms with E-state index in [9.17, 15) is 0 Å². The summed E-state index contributed by atoms with van der Waals surface area (Å²) < 4.78 is 11.9. The zero-order chi connectivity index (χ0) is 15.9. The van der Waals surface area contributed by atoms with Crippen LogP contribution in [0.15, 0.2) is 60.4 Å². The van der Waals surface area contributed by atoms with Crippen LogP contribution in [0.3, 0.4) is 0 Å². The first-order valence-electron chi connectivity index (χ1n) is 7.30. The van der Waals surface area contributed by atoms with Crippen molar-refractivity contribution < 1.29 is 9.47 Å². The molecule has 0 bridgehead atoms. The van der Waals surface area contributed by atoms with Crippen molar-refractivity contribution in [1.29, 1.82) is 0 Å². The molecule has 1 heterocycles. The Hall–Kier alpha value is -1.74. The Morgan fingerprint density at radius 1 is 0.957 bits per heavy atom. The lowest BCUT2D eigenvalue weighted by molar-refractivity contribution is -0.0100. The van der Waals surface area contributed by atoms with Gasteiger partial charge < -0.3 is 9.47 Å². The molecule has 0 N–H and O–H groups in total. The SMILES string of the molecule is Clc1ccccc1C1=C2OCOC2(c2ccccc2Cl)C[C]=C1. The minimum atomic E-state index is -0.735. The molecule has 1 aliphatic carbocycles. The summed E-state index contributed by atoms with van der Waals surface area (Å²) in [6.45, 7) is 0.185. The third-order valence-electron chi connectivity index (χ3n) is 4.19. The monoisotopic (exact) mass is 343 g/mol. The molecule has 2 aromatic carbocycles. The van der Waals surface area contributed by atoms with Crippen molar-refractivity contribution in [2.45, 2.75) is 12.0 Å². The van der Waals surface area contributed by atoms with Crippen LogP contribution in [0.5, 0.6) is 0 Å². The maximum Gasteiger partial charge on any atom is 0.190 e. The van der Waals surface area contributed by atoms with Gasteiger partial charge in [-0.25, -0.2) is 0 Å². The van der Waals surface area contributed by atoms with E-state index in [1.165, 1.54) is 0 Å². The van der Waals surface area contributed by atoms with Gasteiger partial charge in [-0.15, -0.1) is 0 Å². The second-order valence-corrected chi connectivity index (χ2v) is 6.28. The first-order chi connectivity index (χ1) is 11.2. The molecule has 2 aliphatic rings. The van der Waals surface area contributed by atoms with E-state index in [-0.39, 0.29) is 6.79 Å². The van der Waals surface area contributed by atoms with Crippen LogP contribution in [0, 0.1) is 6.08 Å². The van der Waals surface area contributed by atoms with E-state index < -0.39 is 5.60 Å². The van der Waals surface area contributed by atoms with E-state index in [2.05, 4.69) is 6.08 Å². The van der Waals surface area contributed by atoms with Gasteiger partial charge in [0.15, 0.2) is 12.4 Å². The molecule has 0 aromatic heterocycles. The Kier molecular flexibility index (Phi) is 3.68. The number of hydrogen-bond acceptors (Lipinski definition) is 2. The molecule has 1 aliphatic heterocycles. The van der Waals surface area contributed by atoms with Gasteiger partial charge in [0.05, 0.1) is 0 Å². The average molecular weight is 344 g/mol. The summed E-state index contributed by atoms with van der Waals surface area (Å²) >= 11 is 12.8. The lowest BCUT2D eigenvalue weighted by atomic mass is 9.81. The number of halogens is 2. The van der Waals surface area contributed by atoms with Gasteiger partial charge >= 0.3 is 0 Å². The van der Waals surface area contributed by atoms with Crippen LogP contribution >= 0.6 is 23.2 Å². The number of allylic oxidation sites excluding steroid dienone is 2. The molecule has 4 heteroatoms. The van der Waals surface area contributed by atoms with Crippen molar-refractivity contribution in [3.05, 3.63) is 87.6 Å². The molecule has 1 unspecified atom stereocenters. The highest BCUT2D eigenvalue weighted by atomic mass is 35.5. The Morgan fingerprint density at radius 2 is 1.70 bits per heavy atom. The number of rotatable bonds is 2. The van der Waals surface area contributed by atoms with Crippen molar-refractivity contribution >= 4 is 28.8 Å². The van der Waals surface area contributed by atoms with Crippen LogP contribution in [0.25, 0.3) is 5.57 Å². The van der Waals surface area contributed by atoms with Crippen LogP contribution < -0.4 is 0 Å². The topological polar surface area (TPSA) is 18.5 Å². The van der Waals surface area contributed by atoms with Crippen LogP contribution in [-0.4, -0.2) is 6.79 Å². The Balaban J connectivity index is 1.94. The van der Waals surface area contributed by atoms with Gasteiger partial charge in [-0.3, -0.25) is 0 Å². The van der Waals surface area contributed by atoms with E-state index >= 15 is 0 Å². The quantitative estimate of drug-likeness (QED) is 0.729. The van der Waals surface area contributed by atoms with Gasteiger partial charge in [0.1, 0.15) is 5.76 Å². The van der Waals surface area contributed by atoms with Crippen molar-refractivity contribution in [3.8, 4) is 0 Å². The molecular formula is C19H13Cl2O2. The van der Waals surface area contributed by atoms with Crippen LogP contribution in [0.4, 0.5) is 0 Å². The van der Waals surface area contributed by atoms with Gasteiger partial charge in [0, 0.05) is 33.2 Å². The fourth-order valence-electron chi connectivity index (χ4n) is 3.12. The summed E-state index contributed by atoms with van der Waals surface area (Å²) in [6, 6.07) is 15.4. The maximum absolute atomic E-state index is 6.42. The summed E-state index contributed by atoms with van der Waals surface area (Å²) in [5, 5.41) is 1.32. The van der Waals surface area contributed by atoms with E-state index in [0.29, 0.717) is 16.5 Å². The standard InChI is InChI=1S/C19H13Cl2O2/c20-16-9-3-1-6-13(16)14-7-5-11-19(18(14)22-12-23-19)15-8-2-4-10-17(15)21/h1-4,6-10H,11-12H2. The minimum absolute atomic E-state index is 0.185. The first-order valence-corrected chi connectivity index (χ1v) is 8.06. The van der Waals surface area contributed by atoms with E-state index in [1.807, 2.05) is 54.6 Å². The predicted molar refractivity (Wildman–Crippen MR) is 91.0 cm³/mol.